The quantitative estimate of drug-likeness (QED) is 0.683. The summed E-state index contributed by atoms with van der Waals surface area (Å²) in [7, 11) is 0. The van der Waals surface area contributed by atoms with Crippen molar-refractivity contribution in [3.05, 3.63) is 33.4 Å². The van der Waals surface area contributed by atoms with Crippen molar-refractivity contribution in [1.29, 1.82) is 0 Å². The molecule has 1 saturated carbocycles. The highest BCUT2D eigenvalue weighted by Crippen LogP contribution is 2.35. The minimum Gasteiger partial charge on any atom is -0.381 e. The summed E-state index contributed by atoms with van der Waals surface area (Å²) in [6.07, 6.45) is 3.82. The molecule has 1 aliphatic heterocycles. The first-order valence-corrected chi connectivity index (χ1v) is 7.73. The second-order valence-corrected chi connectivity index (χ2v) is 6.56. The van der Waals surface area contributed by atoms with Gasteiger partial charge in [-0.2, -0.15) is 0 Å². The first kappa shape index (κ1) is 14.3. The van der Waals surface area contributed by atoms with Crippen molar-refractivity contribution in [2.24, 2.45) is 0 Å². The molecule has 114 valence electrons. The van der Waals surface area contributed by atoms with E-state index >= 15 is 0 Å². The van der Waals surface area contributed by atoms with Gasteiger partial charge in [-0.3, -0.25) is 15.0 Å². The molecule has 2 aliphatic rings. The Balaban J connectivity index is 1.73. The summed E-state index contributed by atoms with van der Waals surface area (Å²) < 4.78 is 0. The maximum Gasteiger partial charge on any atom is 0.272 e. The van der Waals surface area contributed by atoms with E-state index in [4.69, 9.17) is 0 Å². The van der Waals surface area contributed by atoms with Crippen molar-refractivity contribution in [2.45, 2.75) is 58.2 Å². The van der Waals surface area contributed by atoms with Crippen LogP contribution in [-0.4, -0.2) is 34.5 Å². The van der Waals surface area contributed by atoms with Crippen LogP contribution in [0.1, 0.15) is 37.3 Å². The summed E-state index contributed by atoms with van der Waals surface area (Å²) in [6, 6.07) is 5.47. The van der Waals surface area contributed by atoms with Gasteiger partial charge in [0.25, 0.3) is 5.69 Å². The highest BCUT2D eigenvalue weighted by atomic mass is 16.6. The van der Waals surface area contributed by atoms with Crippen molar-refractivity contribution in [3.8, 4) is 0 Å². The Hall–Kier alpha value is -1.62. The molecule has 1 N–H and O–H groups in total. The molecular formula is C16H23N3O2. The summed E-state index contributed by atoms with van der Waals surface area (Å²) in [5, 5.41) is 14.6. The molecule has 1 saturated heterocycles. The standard InChI is InChI=1S/C16H23N3O2/c1-10-7-16(19(20)21)11(2)6-15(10)17-13-8-12(3)18(9-13)14-4-5-14/h6-7,12-14,17H,4-5,8-9H2,1-3H3. The van der Waals surface area contributed by atoms with E-state index in [2.05, 4.69) is 17.1 Å². The number of benzene rings is 1. The van der Waals surface area contributed by atoms with E-state index in [1.165, 1.54) is 12.8 Å². The van der Waals surface area contributed by atoms with Crippen LogP contribution in [0.4, 0.5) is 11.4 Å². The third-order valence-corrected chi connectivity index (χ3v) is 4.74. The van der Waals surface area contributed by atoms with Gasteiger partial charge in [0.1, 0.15) is 0 Å². The van der Waals surface area contributed by atoms with Crippen molar-refractivity contribution < 1.29 is 4.92 Å². The number of rotatable bonds is 4. The molecule has 5 heteroatoms. The number of hydrogen-bond donors (Lipinski definition) is 1. The van der Waals surface area contributed by atoms with Crippen LogP contribution >= 0.6 is 0 Å². The van der Waals surface area contributed by atoms with Gasteiger partial charge in [-0.15, -0.1) is 0 Å². The van der Waals surface area contributed by atoms with Gasteiger partial charge in [-0.25, -0.2) is 0 Å². The van der Waals surface area contributed by atoms with Crippen LogP contribution in [0.2, 0.25) is 0 Å². The Bertz CT molecular complexity index is 569. The SMILES string of the molecule is Cc1cc([N+](=O)[O-])c(C)cc1NC1CC(C)N(C2CC2)C1. The molecule has 1 aliphatic carbocycles. The summed E-state index contributed by atoms with van der Waals surface area (Å²) in [4.78, 5) is 13.3. The number of likely N-dealkylation sites (tertiary alicyclic amines) is 1. The lowest BCUT2D eigenvalue weighted by atomic mass is 10.1. The zero-order chi connectivity index (χ0) is 15.1. The van der Waals surface area contributed by atoms with Gasteiger partial charge in [0.05, 0.1) is 4.92 Å². The number of hydrogen-bond acceptors (Lipinski definition) is 4. The second kappa shape index (κ2) is 5.30. The zero-order valence-electron chi connectivity index (χ0n) is 12.9. The fourth-order valence-electron chi connectivity index (χ4n) is 3.45. The van der Waals surface area contributed by atoms with Gasteiger partial charge in [0.2, 0.25) is 0 Å². The fraction of sp³-hybridized carbons (Fsp3) is 0.625. The molecular weight excluding hydrogens is 266 g/mol. The fourth-order valence-corrected chi connectivity index (χ4v) is 3.45. The Morgan fingerprint density at radius 2 is 2.00 bits per heavy atom. The second-order valence-electron chi connectivity index (χ2n) is 6.56. The van der Waals surface area contributed by atoms with Crippen LogP contribution in [0.5, 0.6) is 0 Å². The molecule has 1 aromatic rings. The van der Waals surface area contributed by atoms with Crippen molar-refractivity contribution in [1.82, 2.24) is 4.90 Å². The highest BCUT2D eigenvalue weighted by molar-refractivity contribution is 5.59. The molecule has 5 nitrogen and oxygen atoms in total. The topological polar surface area (TPSA) is 58.4 Å². The van der Waals surface area contributed by atoms with Crippen LogP contribution in [-0.2, 0) is 0 Å². The smallest absolute Gasteiger partial charge is 0.272 e. The Labute approximate surface area is 125 Å². The van der Waals surface area contributed by atoms with Crippen LogP contribution in [0, 0.1) is 24.0 Å². The largest absolute Gasteiger partial charge is 0.381 e. The van der Waals surface area contributed by atoms with Gasteiger partial charge in [-0.05, 0) is 51.7 Å². The predicted octanol–water partition coefficient (Wildman–Crippen LogP) is 3.25. The average Bonchev–Trinajstić information content (AvgIpc) is 3.18. The summed E-state index contributed by atoms with van der Waals surface area (Å²) in [5.74, 6) is 0. The first-order valence-electron chi connectivity index (χ1n) is 7.73. The minimum absolute atomic E-state index is 0.206. The lowest BCUT2D eigenvalue weighted by Crippen LogP contribution is -2.31. The van der Waals surface area contributed by atoms with Gasteiger partial charge in [0, 0.05) is 42.0 Å². The third kappa shape index (κ3) is 2.88. The van der Waals surface area contributed by atoms with Gasteiger partial charge < -0.3 is 5.32 Å². The molecule has 0 amide bonds. The zero-order valence-corrected chi connectivity index (χ0v) is 12.9. The van der Waals surface area contributed by atoms with Crippen LogP contribution in [0.25, 0.3) is 0 Å². The average molecular weight is 289 g/mol. The van der Waals surface area contributed by atoms with Gasteiger partial charge in [0.15, 0.2) is 0 Å². The van der Waals surface area contributed by atoms with Crippen molar-refractivity contribution in [2.75, 3.05) is 11.9 Å². The molecule has 1 heterocycles. The lowest BCUT2D eigenvalue weighted by Gasteiger charge is -2.20. The van der Waals surface area contributed by atoms with Crippen LogP contribution in [0.3, 0.4) is 0 Å². The number of nitro benzene ring substituents is 1. The summed E-state index contributed by atoms with van der Waals surface area (Å²) >= 11 is 0. The van der Waals surface area contributed by atoms with E-state index < -0.39 is 0 Å². The normalized spacial score (nSPS) is 26.0. The number of nitro groups is 1. The molecule has 0 bridgehead atoms. The number of nitrogens with zero attached hydrogens (tertiary/aromatic N) is 2. The maximum absolute atomic E-state index is 11.0. The highest BCUT2D eigenvalue weighted by Gasteiger charge is 2.38. The van der Waals surface area contributed by atoms with E-state index in [0.29, 0.717) is 12.1 Å². The van der Waals surface area contributed by atoms with E-state index in [0.717, 1.165) is 35.8 Å². The van der Waals surface area contributed by atoms with Gasteiger partial charge >= 0.3 is 0 Å². The molecule has 2 fully saturated rings. The van der Waals surface area contributed by atoms with E-state index in [1.54, 1.807) is 13.0 Å². The third-order valence-electron chi connectivity index (χ3n) is 4.74. The number of nitrogens with one attached hydrogen (secondary N) is 1. The summed E-state index contributed by atoms with van der Waals surface area (Å²) in [5.41, 5.74) is 2.91. The summed E-state index contributed by atoms with van der Waals surface area (Å²) in [6.45, 7) is 7.12. The van der Waals surface area contributed by atoms with E-state index in [1.807, 2.05) is 13.0 Å². The molecule has 0 aromatic heterocycles. The van der Waals surface area contributed by atoms with E-state index in [9.17, 15) is 10.1 Å². The molecule has 2 atom stereocenters. The molecule has 0 spiro atoms. The Morgan fingerprint density at radius 3 is 2.62 bits per heavy atom. The maximum atomic E-state index is 11.0. The van der Waals surface area contributed by atoms with E-state index in [-0.39, 0.29) is 10.6 Å². The monoisotopic (exact) mass is 289 g/mol. The Morgan fingerprint density at radius 1 is 1.29 bits per heavy atom. The number of anilines is 1. The van der Waals surface area contributed by atoms with Crippen molar-refractivity contribution >= 4 is 11.4 Å². The molecule has 2 unspecified atom stereocenters. The Kier molecular flexibility index (Phi) is 3.61. The van der Waals surface area contributed by atoms with Crippen molar-refractivity contribution in [3.63, 3.8) is 0 Å². The van der Waals surface area contributed by atoms with Gasteiger partial charge in [-0.1, -0.05) is 0 Å². The lowest BCUT2D eigenvalue weighted by molar-refractivity contribution is -0.385. The minimum atomic E-state index is -0.307. The first-order chi connectivity index (χ1) is 9.95. The van der Waals surface area contributed by atoms with Crippen LogP contribution in [0.15, 0.2) is 12.1 Å². The molecule has 1 aromatic carbocycles. The number of aryl methyl sites for hydroxylation is 2. The predicted molar refractivity (Wildman–Crippen MR) is 83.8 cm³/mol. The molecule has 21 heavy (non-hydrogen) atoms. The molecule has 0 radical (unpaired) electrons. The molecule has 3 rings (SSSR count). The van der Waals surface area contributed by atoms with Crippen LogP contribution < -0.4 is 5.32 Å².